The topological polar surface area (TPSA) is 37.6 Å². The van der Waals surface area contributed by atoms with E-state index in [2.05, 4.69) is 23.2 Å². The normalized spacial score (nSPS) is 16.3. The number of hydrogen-bond acceptors (Lipinski definition) is 4. The van der Waals surface area contributed by atoms with Crippen LogP contribution in [-0.4, -0.2) is 37.7 Å². The minimum atomic E-state index is 0.585. The van der Waals surface area contributed by atoms with Crippen LogP contribution in [0, 0.1) is 0 Å². The zero-order valence-electron chi connectivity index (χ0n) is 12.0. The zero-order chi connectivity index (χ0) is 13.3. The fraction of sp³-hybridized carbons (Fsp3) is 0.733. The lowest BCUT2D eigenvalue weighted by molar-refractivity contribution is 0.0875. The second-order valence-electron chi connectivity index (χ2n) is 5.20. The predicted molar refractivity (Wildman–Crippen MR) is 76.0 cm³/mol. The summed E-state index contributed by atoms with van der Waals surface area (Å²) in [5, 5.41) is 3.36. The lowest BCUT2D eigenvalue weighted by atomic mass is 10.3. The quantitative estimate of drug-likeness (QED) is 0.696. The van der Waals surface area contributed by atoms with Gasteiger partial charge in [0.15, 0.2) is 0 Å². The molecule has 1 N–H and O–H groups in total. The van der Waals surface area contributed by atoms with Crippen LogP contribution < -0.4 is 5.32 Å². The Balaban J connectivity index is 1.57. The third-order valence-corrected chi connectivity index (χ3v) is 3.46. The van der Waals surface area contributed by atoms with Crippen LogP contribution in [-0.2, 0) is 17.9 Å². The molecule has 1 aromatic heterocycles. The summed E-state index contributed by atoms with van der Waals surface area (Å²) in [6.45, 7) is 8.99. The molecular weight excluding hydrogens is 240 g/mol. The molecule has 0 spiro atoms. The molecular formula is C15H26N2O2. The number of likely N-dealkylation sites (tertiary alicyclic amines) is 1. The largest absolute Gasteiger partial charge is 0.467 e. The van der Waals surface area contributed by atoms with Gasteiger partial charge in [-0.1, -0.05) is 6.92 Å². The summed E-state index contributed by atoms with van der Waals surface area (Å²) in [7, 11) is 0. The first-order valence-corrected chi connectivity index (χ1v) is 7.45. The Morgan fingerprint density at radius 2 is 2.21 bits per heavy atom. The van der Waals surface area contributed by atoms with Crippen molar-refractivity contribution in [2.75, 3.05) is 32.8 Å². The Kier molecular flexibility index (Phi) is 6.41. The summed E-state index contributed by atoms with van der Waals surface area (Å²) in [6, 6.07) is 2.08. The van der Waals surface area contributed by atoms with Crippen molar-refractivity contribution in [2.45, 2.75) is 39.3 Å². The molecule has 0 saturated carbocycles. The van der Waals surface area contributed by atoms with Gasteiger partial charge in [0.25, 0.3) is 0 Å². The average molecular weight is 266 g/mol. The first kappa shape index (κ1) is 14.6. The summed E-state index contributed by atoms with van der Waals surface area (Å²) in [5.41, 5.74) is 1.20. The van der Waals surface area contributed by atoms with E-state index in [4.69, 9.17) is 9.15 Å². The van der Waals surface area contributed by atoms with Crippen LogP contribution in [0.25, 0.3) is 0 Å². The smallest absolute Gasteiger partial charge is 0.129 e. The molecule has 1 aliphatic rings. The van der Waals surface area contributed by atoms with Gasteiger partial charge in [-0.25, -0.2) is 0 Å². The number of ether oxygens (including phenoxy) is 1. The van der Waals surface area contributed by atoms with Gasteiger partial charge in [-0.05, 0) is 45.0 Å². The fourth-order valence-corrected chi connectivity index (χ4v) is 2.38. The van der Waals surface area contributed by atoms with Gasteiger partial charge in [-0.2, -0.15) is 0 Å². The SMILES string of the molecule is CCCNCc1coc(COCCN2CCCC2)c1. The van der Waals surface area contributed by atoms with Gasteiger partial charge in [-0.3, -0.25) is 0 Å². The van der Waals surface area contributed by atoms with Crippen molar-refractivity contribution in [2.24, 2.45) is 0 Å². The van der Waals surface area contributed by atoms with E-state index in [1.165, 1.54) is 31.5 Å². The molecule has 2 rings (SSSR count). The number of rotatable bonds is 9. The summed E-state index contributed by atoms with van der Waals surface area (Å²) < 4.78 is 11.2. The highest BCUT2D eigenvalue weighted by Gasteiger charge is 2.10. The summed E-state index contributed by atoms with van der Waals surface area (Å²) in [6.07, 6.45) is 5.66. The third-order valence-electron chi connectivity index (χ3n) is 3.46. The van der Waals surface area contributed by atoms with E-state index in [-0.39, 0.29) is 0 Å². The van der Waals surface area contributed by atoms with Crippen LogP contribution in [0.2, 0.25) is 0 Å². The Hall–Kier alpha value is -0.840. The summed E-state index contributed by atoms with van der Waals surface area (Å²) >= 11 is 0. The Labute approximate surface area is 116 Å². The maximum Gasteiger partial charge on any atom is 0.129 e. The maximum absolute atomic E-state index is 5.66. The van der Waals surface area contributed by atoms with Crippen molar-refractivity contribution in [3.63, 3.8) is 0 Å². The van der Waals surface area contributed by atoms with Crippen molar-refractivity contribution >= 4 is 0 Å². The Bertz CT molecular complexity index is 346. The van der Waals surface area contributed by atoms with Gasteiger partial charge in [0.1, 0.15) is 12.4 Å². The molecule has 0 amide bonds. The molecule has 1 aromatic rings. The van der Waals surface area contributed by atoms with Crippen LogP contribution in [0.3, 0.4) is 0 Å². The standard InChI is InChI=1S/C15H26N2O2/c1-2-5-16-11-14-10-15(19-12-14)13-18-9-8-17-6-3-4-7-17/h10,12,16H,2-9,11,13H2,1H3. The Morgan fingerprint density at radius 3 is 3.00 bits per heavy atom. The first-order chi connectivity index (χ1) is 9.38. The molecule has 0 atom stereocenters. The molecule has 0 aromatic carbocycles. The highest BCUT2D eigenvalue weighted by molar-refractivity contribution is 5.11. The number of hydrogen-bond donors (Lipinski definition) is 1. The third kappa shape index (κ3) is 5.35. The maximum atomic E-state index is 5.66. The second kappa shape index (κ2) is 8.35. The van der Waals surface area contributed by atoms with Gasteiger partial charge in [0.05, 0.1) is 12.9 Å². The van der Waals surface area contributed by atoms with Gasteiger partial charge in [0, 0.05) is 18.7 Å². The van der Waals surface area contributed by atoms with Gasteiger partial charge in [0.2, 0.25) is 0 Å². The highest BCUT2D eigenvalue weighted by atomic mass is 16.5. The molecule has 1 aliphatic heterocycles. The molecule has 0 aliphatic carbocycles. The molecule has 4 nitrogen and oxygen atoms in total. The molecule has 0 unspecified atom stereocenters. The van der Waals surface area contributed by atoms with Crippen LogP contribution in [0.1, 0.15) is 37.5 Å². The summed E-state index contributed by atoms with van der Waals surface area (Å²) in [5.74, 6) is 0.926. The van der Waals surface area contributed by atoms with Crippen LogP contribution in [0.15, 0.2) is 16.7 Å². The van der Waals surface area contributed by atoms with E-state index in [0.29, 0.717) is 6.61 Å². The minimum absolute atomic E-state index is 0.585. The fourth-order valence-electron chi connectivity index (χ4n) is 2.38. The lowest BCUT2D eigenvalue weighted by Gasteiger charge is -2.13. The van der Waals surface area contributed by atoms with Gasteiger partial charge >= 0.3 is 0 Å². The molecule has 1 fully saturated rings. The van der Waals surface area contributed by atoms with Crippen LogP contribution >= 0.6 is 0 Å². The van der Waals surface area contributed by atoms with Crippen molar-refractivity contribution in [1.82, 2.24) is 10.2 Å². The van der Waals surface area contributed by atoms with Crippen molar-refractivity contribution in [3.05, 3.63) is 23.7 Å². The second-order valence-corrected chi connectivity index (χ2v) is 5.20. The van der Waals surface area contributed by atoms with E-state index in [1.54, 1.807) is 0 Å². The highest BCUT2D eigenvalue weighted by Crippen LogP contribution is 2.10. The molecule has 1 saturated heterocycles. The lowest BCUT2D eigenvalue weighted by Crippen LogP contribution is -2.23. The summed E-state index contributed by atoms with van der Waals surface area (Å²) in [4.78, 5) is 2.46. The molecule has 108 valence electrons. The van der Waals surface area contributed by atoms with Crippen LogP contribution in [0.5, 0.6) is 0 Å². The monoisotopic (exact) mass is 266 g/mol. The number of nitrogens with one attached hydrogen (secondary N) is 1. The first-order valence-electron chi connectivity index (χ1n) is 7.45. The zero-order valence-corrected chi connectivity index (χ0v) is 12.0. The Morgan fingerprint density at radius 1 is 1.37 bits per heavy atom. The number of nitrogens with zero attached hydrogens (tertiary/aromatic N) is 1. The molecule has 4 heteroatoms. The number of furan rings is 1. The average Bonchev–Trinajstić information content (AvgIpc) is 3.06. The molecule has 0 bridgehead atoms. The molecule has 2 heterocycles. The van der Waals surface area contributed by atoms with E-state index in [0.717, 1.165) is 38.4 Å². The molecule has 0 radical (unpaired) electrons. The van der Waals surface area contributed by atoms with E-state index >= 15 is 0 Å². The van der Waals surface area contributed by atoms with Crippen LogP contribution in [0.4, 0.5) is 0 Å². The van der Waals surface area contributed by atoms with E-state index in [1.807, 2.05) is 6.26 Å². The molecule has 19 heavy (non-hydrogen) atoms. The van der Waals surface area contributed by atoms with E-state index in [9.17, 15) is 0 Å². The minimum Gasteiger partial charge on any atom is -0.467 e. The van der Waals surface area contributed by atoms with E-state index < -0.39 is 0 Å². The van der Waals surface area contributed by atoms with Crippen molar-refractivity contribution in [1.29, 1.82) is 0 Å². The predicted octanol–water partition coefficient (Wildman–Crippen LogP) is 2.39. The van der Waals surface area contributed by atoms with Crippen molar-refractivity contribution < 1.29 is 9.15 Å². The van der Waals surface area contributed by atoms with Gasteiger partial charge in [-0.15, -0.1) is 0 Å². The van der Waals surface area contributed by atoms with Crippen molar-refractivity contribution in [3.8, 4) is 0 Å². The van der Waals surface area contributed by atoms with Gasteiger partial charge < -0.3 is 19.4 Å².